The molecule has 1 fully saturated rings. The minimum absolute atomic E-state index is 0.0232. The van der Waals surface area contributed by atoms with Crippen LogP contribution >= 0.6 is 11.8 Å². The molecule has 33 heavy (non-hydrogen) atoms. The standard InChI is InChI=1S/C23H25FN4O4S/c1-16(31-18-9-7-17(24)8-10-18)22-25-26-23(32-22)33-15-21(29)28-13-11-27(12-14-28)19-5-3-4-6-20(19)30-2/h3-10,16H,11-15H2,1-2H3. The second kappa shape index (κ2) is 10.6. The Morgan fingerprint density at radius 2 is 1.85 bits per heavy atom. The van der Waals surface area contributed by atoms with Crippen molar-refractivity contribution in [3.05, 3.63) is 60.2 Å². The number of benzene rings is 2. The van der Waals surface area contributed by atoms with Gasteiger partial charge in [0.25, 0.3) is 11.1 Å². The number of thioether (sulfide) groups is 1. The topological polar surface area (TPSA) is 80.9 Å². The number of carbonyl (C=O) groups excluding carboxylic acids is 1. The predicted molar refractivity (Wildman–Crippen MR) is 122 cm³/mol. The number of nitrogens with zero attached hydrogens (tertiary/aromatic N) is 4. The third kappa shape index (κ3) is 5.75. The Labute approximate surface area is 195 Å². The van der Waals surface area contributed by atoms with Crippen molar-refractivity contribution in [2.75, 3.05) is 43.9 Å². The first-order chi connectivity index (χ1) is 16.0. The summed E-state index contributed by atoms with van der Waals surface area (Å²) in [4.78, 5) is 16.7. The lowest BCUT2D eigenvalue weighted by Gasteiger charge is -2.36. The third-order valence-electron chi connectivity index (χ3n) is 5.27. The van der Waals surface area contributed by atoms with E-state index in [1.165, 1.54) is 36.0 Å². The number of halogens is 1. The first kappa shape index (κ1) is 22.9. The fraction of sp³-hybridized carbons (Fsp3) is 0.348. The zero-order chi connectivity index (χ0) is 23.2. The lowest BCUT2D eigenvalue weighted by Crippen LogP contribution is -2.49. The molecule has 0 bridgehead atoms. The van der Waals surface area contributed by atoms with Crippen molar-refractivity contribution < 1.29 is 23.1 Å². The van der Waals surface area contributed by atoms with Gasteiger partial charge >= 0.3 is 0 Å². The summed E-state index contributed by atoms with van der Waals surface area (Å²) >= 11 is 1.20. The van der Waals surface area contributed by atoms with Crippen molar-refractivity contribution in [2.24, 2.45) is 0 Å². The number of carbonyl (C=O) groups is 1. The molecule has 0 spiro atoms. The number of para-hydroxylation sites is 2. The average Bonchev–Trinajstić information content (AvgIpc) is 3.33. The third-order valence-corrected chi connectivity index (χ3v) is 6.08. The molecule has 3 aromatic rings. The molecule has 10 heteroatoms. The van der Waals surface area contributed by atoms with E-state index < -0.39 is 6.10 Å². The van der Waals surface area contributed by atoms with E-state index in [1.807, 2.05) is 29.2 Å². The number of ether oxygens (including phenoxy) is 2. The number of piperazine rings is 1. The molecule has 1 unspecified atom stereocenters. The number of methoxy groups -OCH3 is 1. The lowest BCUT2D eigenvalue weighted by molar-refractivity contribution is -0.128. The number of anilines is 1. The largest absolute Gasteiger partial charge is 0.495 e. The maximum absolute atomic E-state index is 13.0. The van der Waals surface area contributed by atoms with Crippen LogP contribution in [0.3, 0.4) is 0 Å². The van der Waals surface area contributed by atoms with Gasteiger partial charge < -0.3 is 23.7 Å². The molecule has 2 aromatic carbocycles. The van der Waals surface area contributed by atoms with Crippen molar-refractivity contribution in [3.63, 3.8) is 0 Å². The molecule has 2 heterocycles. The molecule has 1 saturated heterocycles. The highest BCUT2D eigenvalue weighted by Crippen LogP contribution is 2.29. The zero-order valence-electron chi connectivity index (χ0n) is 18.4. The minimum atomic E-state index is -0.504. The normalized spacial score (nSPS) is 14.8. The van der Waals surface area contributed by atoms with Gasteiger partial charge in [-0.2, -0.15) is 0 Å². The van der Waals surface area contributed by atoms with Crippen LogP contribution in [-0.4, -0.2) is 60.0 Å². The predicted octanol–water partition coefficient (Wildman–Crippen LogP) is 3.80. The maximum atomic E-state index is 13.0. The highest BCUT2D eigenvalue weighted by Gasteiger charge is 2.24. The molecule has 8 nitrogen and oxygen atoms in total. The maximum Gasteiger partial charge on any atom is 0.277 e. The molecular formula is C23H25FN4O4S. The fourth-order valence-corrected chi connectivity index (χ4v) is 4.19. The first-order valence-electron chi connectivity index (χ1n) is 10.6. The van der Waals surface area contributed by atoms with Gasteiger partial charge in [0.15, 0.2) is 6.10 Å². The van der Waals surface area contributed by atoms with Gasteiger partial charge in [0.1, 0.15) is 17.3 Å². The van der Waals surface area contributed by atoms with Crippen LogP contribution < -0.4 is 14.4 Å². The molecule has 0 saturated carbocycles. The fourth-order valence-electron chi connectivity index (χ4n) is 3.51. The minimum Gasteiger partial charge on any atom is -0.495 e. The van der Waals surface area contributed by atoms with Crippen LogP contribution in [0.5, 0.6) is 11.5 Å². The molecule has 0 N–H and O–H groups in total. The van der Waals surface area contributed by atoms with Crippen molar-refractivity contribution in [1.29, 1.82) is 0 Å². The lowest BCUT2D eigenvalue weighted by atomic mass is 10.2. The van der Waals surface area contributed by atoms with Gasteiger partial charge in [-0.1, -0.05) is 23.9 Å². The van der Waals surface area contributed by atoms with E-state index in [1.54, 1.807) is 14.0 Å². The Morgan fingerprint density at radius 1 is 1.12 bits per heavy atom. The molecule has 0 aliphatic carbocycles. The van der Waals surface area contributed by atoms with Crippen LogP contribution in [0.2, 0.25) is 0 Å². The van der Waals surface area contributed by atoms with Gasteiger partial charge in [-0.25, -0.2) is 4.39 Å². The summed E-state index contributed by atoms with van der Waals surface area (Å²) in [6.45, 7) is 4.50. The van der Waals surface area contributed by atoms with Crippen LogP contribution in [0.15, 0.2) is 58.2 Å². The van der Waals surface area contributed by atoms with Gasteiger partial charge in [-0.15, -0.1) is 10.2 Å². The SMILES string of the molecule is COc1ccccc1N1CCN(C(=O)CSc2nnc(C(C)Oc3ccc(F)cc3)o2)CC1. The van der Waals surface area contributed by atoms with Gasteiger partial charge in [-0.05, 0) is 43.3 Å². The number of aromatic nitrogens is 2. The summed E-state index contributed by atoms with van der Waals surface area (Å²) in [5.74, 6) is 1.52. The molecule has 4 rings (SSSR count). The van der Waals surface area contributed by atoms with Crippen molar-refractivity contribution in [3.8, 4) is 11.5 Å². The summed E-state index contributed by atoms with van der Waals surface area (Å²) < 4.78 is 29.8. The van der Waals surface area contributed by atoms with Crippen LogP contribution in [0.4, 0.5) is 10.1 Å². The molecule has 1 aliphatic heterocycles. The average molecular weight is 473 g/mol. The highest BCUT2D eigenvalue weighted by molar-refractivity contribution is 7.99. The van der Waals surface area contributed by atoms with Crippen LogP contribution in [0, 0.1) is 5.82 Å². The highest BCUT2D eigenvalue weighted by atomic mass is 32.2. The summed E-state index contributed by atoms with van der Waals surface area (Å²) in [6, 6.07) is 13.6. The van der Waals surface area contributed by atoms with E-state index in [2.05, 4.69) is 15.1 Å². The van der Waals surface area contributed by atoms with Crippen LogP contribution in [-0.2, 0) is 4.79 Å². The van der Waals surface area contributed by atoms with Crippen LogP contribution in [0.1, 0.15) is 18.9 Å². The van der Waals surface area contributed by atoms with E-state index in [9.17, 15) is 9.18 Å². The van der Waals surface area contributed by atoms with E-state index in [-0.39, 0.29) is 17.5 Å². The van der Waals surface area contributed by atoms with Crippen LogP contribution in [0.25, 0.3) is 0 Å². The number of hydrogen-bond donors (Lipinski definition) is 0. The summed E-state index contributed by atoms with van der Waals surface area (Å²) in [5.41, 5.74) is 1.04. The second-order valence-electron chi connectivity index (χ2n) is 7.45. The van der Waals surface area contributed by atoms with E-state index in [0.717, 1.165) is 24.5 Å². The van der Waals surface area contributed by atoms with Crippen molar-refractivity contribution in [1.82, 2.24) is 15.1 Å². The van der Waals surface area contributed by atoms with Crippen molar-refractivity contribution >= 4 is 23.4 Å². The number of hydrogen-bond acceptors (Lipinski definition) is 8. The Balaban J connectivity index is 1.25. The van der Waals surface area contributed by atoms with E-state index >= 15 is 0 Å². The summed E-state index contributed by atoms with van der Waals surface area (Å²) in [7, 11) is 1.66. The smallest absolute Gasteiger partial charge is 0.277 e. The van der Waals surface area contributed by atoms with Gasteiger partial charge in [0, 0.05) is 26.2 Å². The molecule has 1 amide bonds. The van der Waals surface area contributed by atoms with Gasteiger partial charge in [0.05, 0.1) is 18.6 Å². The summed E-state index contributed by atoms with van der Waals surface area (Å²) in [5, 5.41) is 8.30. The zero-order valence-corrected chi connectivity index (χ0v) is 19.3. The Hall–Kier alpha value is -3.27. The molecule has 174 valence electrons. The molecule has 1 aromatic heterocycles. The van der Waals surface area contributed by atoms with Gasteiger partial charge in [0.2, 0.25) is 5.91 Å². The molecule has 1 aliphatic rings. The molecule has 1 atom stereocenters. The number of amides is 1. The second-order valence-corrected chi connectivity index (χ2v) is 8.38. The Kier molecular flexibility index (Phi) is 7.33. The summed E-state index contributed by atoms with van der Waals surface area (Å²) in [6.07, 6.45) is -0.504. The van der Waals surface area contributed by atoms with Gasteiger partial charge in [-0.3, -0.25) is 4.79 Å². The quantitative estimate of drug-likeness (QED) is 0.458. The first-order valence-corrected chi connectivity index (χ1v) is 11.6. The van der Waals surface area contributed by atoms with E-state index in [4.69, 9.17) is 13.9 Å². The monoisotopic (exact) mass is 472 g/mol. The number of rotatable bonds is 8. The van der Waals surface area contributed by atoms with Crippen molar-refractivity contribution in [2.45, 2.75) is 18.3 Å². The Morgan fingerprint density at radius 3 is 2.58 bits per heavy atom. The van der Waals surface area contributed by atoms with E-state index in [0.29, 0.717) is 30.0 Å². The molecule has 0 radical (unpaired) electrons. The Bertz CT molecular complexity index is 1070. The molecular weight excluding hydrogens is 447 g/mol.